The third-order valence-corrected chi connectivity index (χ3v) is 0.875. The number of aliphatic imine (C=N–C) groups is 1. The van der Waals surface area contributed by atoms with E-state index in [9.17, 15) is 0 Å². The Morgan fingerprint density at radius 3 is 2.71 bits per heavy atom. The van der Waals surface area contributed by atoms with Crippen LogP contribution in [0.5, 0.6) is 0 Å². The van der Waals surface area contributed by atoms with Gasteiger partial charge in [-0.05, 0) is 0 Å². The van der Waals surface area contributed by atoms with Crippen LogP contribution in [0.1, 0.15) is 0 Å². The molecule has 0 aliphatic rings. The lowest BCUT2D eigenvalue weighted by Gasteiger charge is -1.93. The first kappa shape index (κ1) is 6.92. The van der Waals surface area contributed by atoms with E-state index in [0.717, 1.165) is 0 Å². The van der Waals surface area contributed by atoms with Crippen molar-refractivity contribution in [2.45, 2.75) is 6.04 Å². The summed E-state index contributed by atoms with van der Waals surface area (Å²) in [7, 11) is 1.67. The van der Waals surface area contributed by atoms with Gasteiger partial charge >= 0.3 is 0 Å². The van der Waals surface area contributed by atoms with Crippen LogP contribution >= 0.6 is 11.6 Å². The number of hydrogen-bond acceptors (Lipinski definition) is 2. The molecule has 0 aliphatic heterocycles. The van der Waals surface area contributed by atoms with Crippen LogP contribution in [-0.4, -0.2) is 25.2 Å². The molecule has 42 valence electrons. The Labute approximate surface area is 48.4 Å². The lowest BCUT2D eigenvalue weighted by Crippen LogP contribution is -2.22. The molecule has 7 heavy (non-hydrogen) atoms. The van der Waals surface area contributed by atoms with Crippen LogP contribution in [0.25, 0.3) is 0 Å². The first-order valence-electron chi connectivity index (χ1n) is 2.05. The van der Waals surface area contributed by atoms with Crippen molar-refractivity contribution < 1.29 is 0 Å². The SMILES string of the molecule is CN=CC(N)CCl. The first-order valence-corrected chi connectivity index (χ1v) is 2.58. The molecule has 0 amide bonds. The van der Waals surface area contributed by atoms with Gasteiger partial charge in [-0.1, -0.05) is 0 Å². The molecule has 2 N–H and O–H groups in total. The normalized spacial score (nSPS) is 15.3. The standard InChI is InChI=1S/C4H9ClN2/c1-7-3-4(6)2-5/h3-4H,2,6H2,1H3. The highest BCUT2D eigenvalue weighted by atomic mass is 35.5. The predicted octanol–water partition coefficient (Wildman–Crippen LogP) is 0.253. The molecule has 0 aromatic carbocycles. The molecule has 1 unspecified atom stereocenters. The fourth-order valence-corrected chi connectivity index (χ4v) is 0.311. The monoisotopic (exact) mass is 120 g/mol. The molecule has 0 spiro atoms. The minimum absolute atomic E-state index is 0.0772. The maximum atomic E-state index is 5.31. The zero-order valence-electron chi connectivity index (χ0n) is 4.26. The molecule has 1 atom stereocenters. The molecule has 0 bridgehead atoms. The molecule has 0 aromatic rings. The molecule has 0 saturated carbocycles. The molecule has 0 aromatic heterocycles. The van der Waals surface area contributed by atoms with Crippen LogP contribution in [-0.2, 0) is 0 Å². The number of alkyl halides is 1. The van der Waals surface area contributed by atoms with Crippen molar-refractivity contribution in [2.75, 3.05) is 12.9 Å². The molecule has 2 nitrogen and oxygen atoms in total. The Bertz CT molecular complexity index is 62.7. The number of halogens is 1. The Balaban J connectivity index is 3.16. The topological polar surface area (TPSA) is 38.4 Å². The van der Waals surface area contributed by atoms with Crippen molar-refractivity contribution in [1.82, 2.24) is 0 Å². The Kier molecular flexibility index (Phi) is 4.04. The summed E-state index contributed by atoms with van der Waals surface area (Å²) in [6.07, 6.45) is 1.62. The van der Waals surface area contributed by atoms with Gasteiger partial charge in [0.2, 0.25) is 0 Å². The quantitative estimate of drug-likeness (QED) is 0.412. The van der Waals surface area contributed by atoms with E-state index in [0.29, 0.717) is 5.88 Å². The number of nitrogens with zero attached hydrogens (tertiary/aromatic N) is 1. The van der Waals surface area contributed by atoms with E-state index >= 15 is 0 Å². The lowest BCUT2D eigenvalue weighted by molar-refractivity contribution is 1.00. The van der Waals surface area contributed by atoms with E-state index in [1.54, 1.807) is 13.3 Å². The van der Waals surface area contributed by atoms with Crippen molar-refractivity contribution in [1.29, 1.82) is 0 Å². The second kappa shape index (κ2) is 4.09. The highest BCUT2D eigenvalue weighted by Crippen LogP contribution is 1.76. The van der Waals surface area contributed by atoms with Gasteiger partial charge in [0, 0.05) is 19.1 Å². The van der Waals surface area contributed by atoms with Crippen LogP contribution in [0.15, 0.2) is 4.99 Å². The summed E-state index contributed by atoms with van der Waals surface area (Å²) >= 11 is 5.31. The Morgan fingerprint density at radius 1 is 2.00 bits per heavy atom. The van der Waals surface area contributed by atoms with Crippen molar-refractivity contribution >= 4 is 17.8 Å². The van der Waals surface area contributed by atoms with E-state index in [4.69, 9.17) is 17.3 Å². The second-order valence-corrected chi connectivity index (χ2v) is 1.53. The van der Waals surface area contributed by atoms with E-state index in [-0.39, 0.29) is 6.04 Å². The van der Waals surface area contributed by atoms with Gasteiger partial charge < -0.3 is 5.73 Å². The number of hydrogen-bond donors (Lipinski definition) is 1. The molecule has 0 rings (SSSR count). The van der Waals surface area contributed by atoms with Crippen LogP contribution in [0.3, 0.4) is 0 Å². The van der Waals surface area contributed by atoms with Crippen molar-refractivity contribution in [3.05, 3.63) is 0 Å². The Morgan fingerprint density at radius 2 is 2.57 bits per heavy atom. The number of rotatable bonds is 2. The highest BCUT2D eigenvalue weighted by molar-refractivity contribution is 6.19. The van der Waals surface area contributed by atoms with Crippen molar-refractivity contribution in [2.24, 2.45) is 10.7 Å². The molecular formula is C4H9ClN2. The summed E-state index contributed by atoms with van der Waals surface area (Å²) in [5, 5.41) is 0. The van der Waals surface area contributed by atoms with Gasteiger partial charge in [0.1, 0.15) is 0 Å². The largest absolute Gasteiger partial charge is 0.322 e. The Hall–Kier alpha value is -0.0800. The molecule has 0 aliphatic carbocycles. The van der Waals surface area contributed by atoms with Gasteiger partial charge in [-0.2, -0.15) is 0 Å². The summed E-state index contributed by atoms with van der Waals surface area (Å²) in [5.41, 5.74) is 5.30. The van der Waals surface area contributed by atoms with Gasteiger partial charge in [0.05, 0.1) is 6.04 Å². The third-order valence-electron chi connectivity index (χ3n) is 0.519. The zero-order chi connectivity index (χ0) is 5.70. The minimum atomic E-state index is -0.0772. The fourth-order valence-electron chi connectivity index (χ4n) is 0.231. The van der Waals surface area contributed by atoms with Gasteiger partial charge in [0.15, 0.2) is 0 Å². The lowest BCUT2D eigenvalue weighted by atomic mass is 10.4. The van der Waals surface area contributed by atoms with Gasteiger partial charge in [-0.3, -0.25) is 4.99 Å². The van der Waals surface area contributed by atoms with Crippen LogP contribution in [0, 0.1) is 0 Å². The molecule has 3 heteroatoms. The average molecular weight is 121 g/mol. The smallest absolute Gasteiger partial charge is 0.0532 e. The minimum Gasteiger partial charge on any atom is -0.322 e. The molecule has 0 fully saturated rings. The summed E-state index contributed by atoms with van der Waals surface area (Å²) in [5.74, 6) is 0.442. The van der Waals surface area contributed by atoms with Gasteiger partial charge in [-0.15, -0.1) is 11.6 Å². The van der Waals surface area contributed by atoms with Crippen LogP contribution < -0.4 is 5.73 Å². The maximum absolute atomic E-state index is 5.31. The number of nitrogens with two attached hydrogens (primary N) is 1. The summed E-state index contributed by atoms with van der Waals surface area (Å²) < 4.78 is 0. The van der Waals surface area contributed by atoms with Gasteiger partial charge in [0.25, 0.3) is 0 Å². The molecule has 0 radical (unpaired) electrons. The second-order valence-electron chi connectivity index (χ2n) is 1.23. The van der Waals surface area contributed by atoms with E-state index in [2.05, 4.69) is 4.99 Å². The van der Waals surface area contributed by atoms with E-state index in [1.807, 2.05) is 0 Å². The molecule has 0 heterocycles. The van der Waals surface area contributed by atoms with Crippen molar-refractivity contribution in [3.8, 4) is 0 Å². The van der Waals surface area contributed by atoms with Crippen LogP contribution in [0.2, 0.25) is 0 Å². The predicted molar refractivity (Wildman–Crippen MR) is 33.1 cm³/mol. The van der Waals surface area contributed by atoms with Crippen LogP contribution in [0.4, 0.5) is 0 Å². The third kappa shape index (κ3) is 3.76. The average Bonchev–Trinajstić information content (AvgIpc) is 1.68. The van der Waals surface area contributed by atoms with E-state index in [1.165, 1.54) is 0 Å². The fraction of sp³-hybridized carbons (Fsp3) is 0.750. The van der Waals surface area contributed by atoms with Crippen molar-refractivity contribution in [3.63, 3.8) is 0 Å². The summed E-state index contributed by atoms with van der Waals surface area (Å²) in [4.78, 5) is 3.67. The summed E-state index contributed by atoms with van der Waals surface area (Å²) in [6, 6.07) is -0.0772. The first-order chi connectivity index (χ1) is 3.31. The maximum Gasteiger partial charge on any atom is 0.0532 e. The molecule has 0 saturated heterocycles. The highest BCUT2D eigenvalue weighted by Gasteiger charge is 1.89. The summed E-state index contributed by atoms with van der Waals surface area (Å²) in [6.45, 7) is 0. The van der Waals surface area contributed by atoms with E-state index < -0.39 is 0 Å². The molecular weight excluding hydrogens is 112 g/mol. The zero-order valence-corrected chi connectivity index (χ0v) is 5.02. The van der Waals surface area contributed by atoms with Gasteiger partial charge in [-0.25, -0.2) is 0 Å².